The summed E-state index contributed by atoms with van der Waals surface area (Å²) in [5.74, 6) is -1.69. The second-order valence-electron chi connectivity index (χ2n) is 10.9. The first-order valence-electron chi connectivity index (χ1n) is 14.4. The number of ether oxygens (including phenoxy) is 1. The Labute approximate surface area is 246 Å². The van der Waals surface area contributed by atoms with Crippen molar-refractivity contribution in [1.82, 2.24) is 4.90 Å². The summed E-state index contributed by atoms with van der Waals surface area (Å²) in [7, 11) is 0. The van der Waals surface area contributed by atoms with E-state index in [-0.39, 0.29) is 29.6 Å². The van der Waals surface area contributed by atoms with Crippen LogP contribution in [-0.4, -0.2) is 70.1 Å². The topological polar surface area (TPSA) is 87.1 Å². The largest absolute Gasteiger partial charge is 0.465 e. The first kappa shape index (κ1) is 30.7. The highest BCUT2D eigenvalue weighted by Gasteiger charge is 2.74. The number of fused-ring (bicyclic) bond motifs is 1. The second kappa shape index (κ2) is 14.1. The maximum atomic E-state index is 14.5. The SMILES string of the molecule is C=CCCCCOC(=O)[C@@H]1[C@H]2C(=O)N(CCCCCCO)C(C(=O)N(CC=C)c3ccc(Cl)cc3)C23CC[C@H]1S3. The zero-order chi connectivity index (χ0) is 28.7. The number of carbonyl (C=O) groups excluding carboxylic acids is 3. The average Bonchev–Trinajstić information content (AvgIpc) is 3.59. The van der Waals surface area contributed by atoms with E-state index in [1.807, 2.05) is 6.08 Å². The van der Waals surface area contributed by atoms with E-state index < -0.39 is 22.6 Å². The third kappa shape index (κ3) is 6.14. The highest BCUT2D eigenvalue weighted by atomic mass is 35.5. The van der Waals surface area contributed by atoms with Gasteiger partial charge in [0.2, 0.25) is 5.91 Å². The summed E-state index contributed by atoms with van der Waals surface area (Å²) < 4.78 is 5.03. The number of hydrogen-bond donors (Lipinski definition) is 1. The first-order chi connectivity index (χ1) is 19.4. The molecule has 3 aliphatic rings. The van der Waals surface area contributed by atoms with Gasteiger partial charge in [-0.15, -0.1) is 24.9 Å². The molecule has 1 spiro atoms. The van der Waals surface area contributed by atoms with Crippen LogP contribution in [0.25, 0.3) is 0 Å². The van der Waals surface area contributed by atoms with Gasteiger partial charge in [-0.05, 0) is 69.2 Å². The number of thioether (sulfide) groups is 1. The van der Waals surface area contributed by atoms with Crippen molar-refractivity contribution in [3.05, 3.63) is 54.6 Å². The Hall–Kier alpha value is -2.29. The van der Waals surface area contributed by atoms with Gasteiger partial charge in [0.15, 0.2) is 0 Å². The lowest BCUT2D eigenvalue weighted by Crippen LogP contribution is -2.55. The van der Waals surface area contributed by atoms with Crippen molar-refractivity contribution in [2.45, 2.75) is 73.8 Å². The average molecular weight is 589 g/mol. The van der Waals surface area contributed by atoms with Gasteiger partial charge < -0.3 is 19.6 Å². The van der Waals surface area contributed by atoms with Crippen LogP contribution in [0.1, 0.15) is 57.8 Å². The van der Waals surface area contributed by atoms with Crippen LogP contribution in [0.3, 0.4) is 0 Å². The lowest BCUT2D eigenvalue weighted by atomic mass is 9.71. The second-order valence-corrected chi connectivity index (χ2v) is 12.9. The third-order valence-corrected chi connectivity index (χ3v) is 10.6. The number of nitrogens with zero attached hydrogens (tertiary/aromatic N) is 2. The molecule has 3 heterocycles. The van der Waals surface area contributed by atoms with Gasteiger partial charge in [-0.1, -0.05) is 36.6 Å². The van der Waals surface area contributed by atoms with Gasteiger partial charge in [0.1, 0.15) is 6.04 Å². The number of carbonyl (C=O) groups is 3. The van der Waals surface area contributed by atoms with Gasteiger partial charge in [-0.3, -0.25) is 14.4 Å². The molecule has 2 unspecified atom stereocenters. The molecule has 1 N–H and O–H groups in total. The Kier molecular flexibility index (Phi) is 10.8. The highest BCUT2D eigenvalue weighted by molar-refractivity contribution is 8.02. The Morgan fingerprint density at radius 1 is 1.12 bits per heavy atom. The molecule has 0 aliphatic carbocycles. The summed E-state index contributed by atoms with van der Waals surface area (Å²) in [5, 5.41) is 9.70. The molecular formula is C31H41ClN2O5S. The number of benzene rings is 1. The first-order valence-corrected chi connectivity index (χ1v) is 15.7. The lowest BCUT2D eigenvalue weighted by molar-refractivity contribution is -0.154. The van der Waals surface area contributed by atoms with Crippen molar-refractivity contribution in [1.29, 1.82) is 0 Å². The van der Waals surface area contributed by atoms with Crippen molar-refractivity contribution in [3.63, 3.8) is 0 Å². The molecule has 2 bridgehead atoms. The van der Waals surface area contributed by atoms with E-state index in [0.29, 0.717) is 43.2 Å². The molecule has 4 rings (SSSR count). The minimum atomic E-state index is -0.682. The number of esters is 1. The number of halogens is 1. The van der Waals surface area contributed by atoms with Crippen LogP contribution in [0.4, 0.5) is 5.69 Å². The minimum absolute atomic E-state index is 0.0278. The molecule has 3 saturated heterocycles. The molecule has 5 atom stereocenters. The fraction of sp³-hybridized carbons (Fsp3) is 0.581. The fourth-order valence-corrected chi connectivity index (χ4v) is 8.90. The normalized spacial score (nSPS) is 26.6. The van der Waals surface area contributed by atoms with Gasteiger partial charge in [-0.2, -0.15) is 0 Å². The molecular weight excluding hydrogens is 548 g/mol. The van der Waals surface area contributed by atoms with E-state index in [0.717, 1.165) is 44.9 Å². The number of aliphatic hydroxyl groups excluding tert-OH is 1. The number of hydrogen-bond acceptors (Lipinski definition) is 6. The predicted molar refractivity (Wildman–Crippen MR) is 160 cm³/mol. The fourth-order valence-electron chi connectivity index (χ4n) is 6.57. The molecule has 3 aliphatic heterocycles. The monoisotopic (exact) mass is 588 g/mol. The molecule has 7 nitrogen and oxygen atoms in total. The van der Waals surface area contributed by atoms with Crippen molar-refractivity contribution < 1.29 is 24.2 Å². The van der Waals surface area contributed by atoms with E-state index in [2.05, 4.69) is 13.2 Å². The summed E-state index contributed by atoms with van der Waals surface area (Å²) in [4.78, 5) is 45.4. The van der Waals surface area contributed by atoms with Gasteiger partial charge >= 0.3 is 5.97 Å². The number of unbranched alkanes of at least 4 members (excludes halogenated alkanes) is 5. The van der Waals surface area contributed by atoms with Crippen molar-refractivity contribution in [3.8, 4) is 0 Å². The van der Waals surface area contributed by atoms with Crippen molar-refractivity contribution in [2.75, 3.05) is 31.2 Å². The zero-order valence-electron chi connectivity index (χ0n) is 23.1. The number of amides is 2. The van der Waals surface area contributed by atoms with Gasteiger partial charge in [-0.25, -0.2) is 0 Å². The molecule has 218 valence electrons. The van der Waals surface area contributed by atoms with Crippen LogP contribution in [0.15, 0.2) is 49.6 Å². The number of allylic oxidation sites excluding steroid dienone is 1. The minimum Gasteiger partial charge on any atom is -0.465 e. The number of aliphatic hydroxyl groups is 1. The summed E-state index contributed by atoms with van der Waals surface area (Å²) >= 11 is 7.78. The Bertz CT molecular complexity index is 1080. The number of anilines is 1. The van der Waals surface area contributed by atoms with E-state index in [1.54, 1.807) is 51.9 Å². The molecule has 1 aromatic carbocycles. The van der Waals surface area contributed by atoms with E-state index in [9.17, 15) is 14.4 Å². The summed E-state index contributed by atoms with van der Waals surface area (Å²) in [6.07, 6.45) is 10.7. The molecule has 2 amide bonds. The predicted octanol–water partition coefficient (Wildman–Crippen LogP) is 5.40. The smallest absolute Gasteiger partial charge is 0.310 e. The Morgan fingerprint density at radius 2 is 1.88 bits per heavy atom. The Balaban J connectivity index is 1.62. The summed E-state index contributed by atoms with van der Waals surface area (Å²) in [5.41, 5.74) is 0.692. The standard InChI is InChI=1S/C31H41ClN2O5S/c1-3-5-6-11-21-39-30(38)25-24-16-17-31(40-24)26(25)28(36)34(19-9-7-8-10-20-35)27(31)29(37)33(18-4-2)23-14-12-22(32)13-15-23/h3-4,12-15,24-27,35H,1-2,5-11,16-21H2/t24-,25+,26+,27?,31?/m1/s1. The van der Waals surface area contributed by atoms with Crippen LogP contribution in [0, 0.1) is 11.8 Å². The highest BCUT2D eigenvalue weighted by Crippen LogP contribution is 2.66. The third-order valence-electron chi connectivity index (χ3n) is 8.38. The molecule has 0 radical (unpaired) electrons. The van der Waals surface area contributed by atoms with Crippen LogP contribution < -0.4 is 4.90 Å². The summed E-state index contributed by atoms with van der Waals surface area (Å²) in [6.45, 7) is 8.80. The maximum Gasteiger partial charge on any atom is 0.310 e. The van der Waals surface area contributed by atoms with Crippen LogP contribution >= 0.6 is 23.4 Å². The number of likely N-dealkylation sites (tertiary alicyclic amines) is 1. The van der Waals surface area contributed by atoms with Crippen molar-refractivity contribution >= 4 is 46.8 Å². The quantitative estimate of drug-likeness (QED) is 0.158. The van der Waals surface area contributed by atoms with Crippen molar-refractivity contribution in [2.24, 2.45) is 11.8 Å². The van der Waals surface area contributed by atoms with E-state index in [1.165, 1.54) is 0 Å². The molecule has 9 heteroatoms. The Morgan fingerprint density at radius 3 is 2.58 bits per heavy atom. The maximum absolute atomic E-state index is 14.5. The number of rotatable bonds is 16. The van der Waals surface area contributed by atoms with Gasteiger partial charge in [0.25, 0.3) is 5.91 Å². The molecule has 3 fully saturated rings. The van der Waals surface area contributed by atoms with E-state index in [4.69, 9.17) is 21.4 Å². The molecule has 40 heavy (non-hydrogen) atoms. The molecule has 0 aromatic heterocycles. The van der Waals surface area contributed by atoms with E-state index >= 15 is 0 Å². The molecule has 1 aromatic rings. The molecule has 0 saturated carbocycles. The summed E-state index contributed by atoms with van der Waals surface area (Å²) in [6, 6.07) is 6.43. The van der Waals surface area contributed by atoms with Crippen LogP contribution in [0.2, 0.25) is 5.02 Å². The van der Waals surface area contributed by atoms with Gasteiger partial charge in [0.05, 0.1) is 23.2 Å². The zero-order valence-corrected chi connectivity index (χ0v) is 24.7. The van der Waals surface area contributed by atoms with Crippen LogP contribution in [0.5, 0.6) is 0 Å². The van der Waals surface area contributed by atoms with Gasteiger partial charge in [0, 0.05) is 35.7 Å². The lowest BCUT2D eigenvalue weighted by Gasteiger charge is -2.37. The van der Waals surface area contributed by atoms with Crippen LogP contribution in [-0.2, 0) is 19.1 Å².